The summed E-state index contributed by atoms with van der Waals surface area (Å²) in [6.45, 7) is 2.71. The Morgan fingerprint density at radius 1 is 1.16 bits per heavy atom. The molecule has 0 saturated heterocycles. The molecule has 1 atom stereocenters. The number of anilines is 2. The Hall–Kier alpha value is -2.88. The molecule has 25 heavy (non-hydrogen) atoms. The molecule has 4 heteroatoms. The highest BCUT2D eigenvalue weighted by molar-refractivity contribution is 5.96. The van der Waals surface area contributed by atoms with Crippen LogP contribution in [0.4, 0.5) is 11.4 Å². The first-order valence-corrected chi connectivity index (χ1v) is 8.71. The van der Waals surface area contributed by atoms with Gasteiger partial charge in [0, 0.05) is 36.3 Å². The van der Waals surface area contributed by atoms with Crippen molar-refractivity contribution in [2.45, 2.75) is 25.8 Å². The normalized spacial score (nSPS) is 16.0. The second-order valence-electron chi connectivity index (χ2n) is 6.50. The Kier molecular flexibility index (Phi) is 4.10. The molecule has 1 N–H and O–H groups in total. The number of carbonyl (C=O) groups is 1. The van der Waals surface area contributed by atoms with Crippen molar-refractivity contribution in [2.24, 2.45) is 0 Å². The molecule has 0 aliphatic carbocycles. The Bertz CT molecular complexity index is 916. The van der Waals surface area contributed by atoms with Gasteiger partial charge in [-0.25, -0.2) is 0 Å². The molecule has 4 nitrogen and oxygen atoms in total. The Morgan fingerprint density at radius 3 is 2.92 bits per heavy atom. The minimum atomic E-state index is 0.165. The second kappa shape index (κ2) is 6.55. The van der Waals surface area contributed by atoms with Crippen LogP contribution < -0.4 is 10.2 Å². The number of benzene rings is 2. The Labute approximate surface area is 147 Å². The fraction of sp³-hybridized carbons (Fsp3) is 0.238. The quantitative estimate of drug-likeness (QED) is 0.785. The number of nitrogens with one attached hydrogen (secondary N) is 1. The van der Waals surface area contributed by atoms with Crippen LogP contribution in [0.15, 0.2) is 60.8 Å². The van der Waals surface area contributed by atoms with Gasteiger partial charge in [0.25, 0.3) is 0 Å². The van der Waals surface area contributed by atoms with Crippen molar-refractivity contribution in [1.29, 1.82) is 0 Å². The van der Waals surface area contributed by atoms with Crippen molar-refractivity contribution in [1.82, 2.24) is 4.98 Å². The lowest BCUT2D eigenvalue weighted by Crippen LogP contribution is -2.36. The third-order valence-corrected chi connectivity index (χ3v) is 4.76. The number of rotatable bonds is 4. The number of carbonyl (C=O) groups excluding carboxylic acids is 1. The summed E-state index contributed by atoms with van der Waals surface area (Å²) in [7, 11) is 0. The molecular formula is C21H21N3O. The fourth-order valence-corrected chi connectivity index (χ4v) is 3.62. The summed E-state index contributed by atoms with van der Waals surface area (Å²) in [4.78, 5) is 19.1. The molecule has 1 aliphatic heterocycles. The first-order valence-electron chi connectivity index (χ1n) is 8.71. The van der Waals surface area contributed by atoms with Crippen LogP contribution >= 0.6 is 0 Å². The first-order chi connectivity index (χ1) is 12.2. The van der Waals surface area contributed by atoms with E-state index >= 15 is 0 Å². The third kappa shape index (κ3) is 2.95. The van der Waals surface area contributed by atoms with Gasteiger partial charge in [0.1, 0.15) is 0 Å². The number of aromatic nitrogens is 1. The van der Waals surface area contributed by atoms with Crippen molar-refractivity contribution in [2.75, 3.05) is 16.8 Å². The molecular weight excluding hydrogens is 310 g/mol. The summed E-state index contributed by atoms with van der Waals surface area (Å²) in [5.74, 6) is 0.165. The van der Waals surface area contributed by atoms with Gasteiger partial charge in [0.15, 0.2) is 0 Å². The maximum Gasteiger partial charge on any atom is 0.229 e. The lowest BCUT2D eigenvalue weighted by molar-refractivity contribution is -0.118. The molecule has 2 heterocycles. The minimum Gasteiger partial charge on any atom is -0.383 e. The fourth-order valence-electron chi connectivity index (χ4n) is 3.62. The van der Waals surface area contributed by atoms with Gasteiger partial charge in [0.2, 0.25) is 5.91 Å². The molecule has 0 spiro atoms. The van der Waals surface area contributed by atoms with E-state index in [4.69, 9.17) is 0 Å². The van der Waals surface area contributed by atoms with Crippen LogP contribution in [0, 0.1) is 0 Å². The summed E-state index contributed by atoms with van der Waals surface area (Å²) < 4.78 is 0. The van der Waals surface area contributed by atoms with Gasteiger partial charge in [-0.3, -0.25) is 9.78 Å². The van der Waals surface area contributed by atoms with Gasteiger partial charge < -0.3 is 10.2 Å². The van der Waals surface area contributed by atoms with E-state index in [0.29, 0.717) is 13.0 Å². The van der Waals surface area contributed by atoms with E-state index in [0.717, 1.165) is 28.7 Å². The van der Waals surface area contributed by atoms with E-state index in [1.807, 2.05) is 53.4 Å². The van der Waals surface area contributed by atoms with Gasteiger partial charge in [-0.1, -0.05) is 36.4 Å². The smallest absolute Gasteiger partial charge is 0.229 e. The number of nitrogens with zero attached hydrogens (tertiary/aromatic N) is 2. The van der Waals surface area contributed by atoms with E-state index in [9.17, 15) is 4.79 Å². The first kappa shape index (κ1) is 15.6. The average molecular weight is 331 g/mol. The molecule has 0 radical (unpaired) electrons. The molecule has 1 unspecified atom stereocenters. The lowest BCUT2D eigenvalue weighted by Gasteiger charge is -2.23. The monoisotopic (exact) mass is 331 g/mol. The zero-order chi connectivity index (χ0) is 17.2. The van der Waals surface area contributed by atoms with E-state index in [-0.39, 0.29) is 11.9 Å². The van der Waals surface area contributed by atoms with E-state index in [1.165, 1.54) is 5.56 Å². The van der Waals surface area contributed by atoms with Crippen molar-refractivity contribution in [3.63, 3.8) is 0 Å². The molecule has 4 rings (SSSR count). The number of amides is 1. The average Bonchev–Trinajstić information content (AvgIpc) is 2.97. The van der Waals surface area contributed by atoms with Crippen LogP contribution in [-0.2, 0) is 11.2 Å². The zero-order valence-electron chi connectivity index (χ0n) is 14.3. The van der Waals surface area contributed by atoms with Gasteiger partial charge in [0.05, 0.1) is 11.2 Å². The Balaban J connectivity index is 1.44. The second-order valence-corrected chi connectivity index (χ2v) is 6.50. The maximum atomic E-state index is 12.7. The highest BCUT2D eigenvalue weighted by Gasteiger charge is 2.29. The van der Waals surface area contributed by atoms with Crippen LogP contribution in [0.2, 0.25) is 0 Å². The number of pyridine rings is 1. The van der Waals surface area contributed by atoms with Crippen molar-refractivity contribution in [3.05, 3.63) is 66.4 Å². The summed E-state index contributed by atoms with van der Waals surface area (Å²) in [5, 5.41) is 4.47. The van der Waals surface area contributed by atoms with Crippen molar-refractivity contribution >= 4 is 28.2 Å². The van der Waals surface area contributed by atoms with E-state index < -0.39 is 0 Å². The van der Waals surface area contributed by atoms with Crippen LogP contribution in [0.25, 0.3) is 10.9 Å². The predicted octanol–water partition coefficient (Wildman–Crippen LogP) is 4.01. The molecule has 0 saturated carbocycles. The molecule has 1 amide bonds. The summed E-state index contributed by atoms with van der Waals surface area (Å²) in [5.41, 5.74) is 4.24. The third-order valence-electron chi connectivity index (χ3n) is 4.76. The number of para-hydroxylation sites is 2. The Morgan fingerprint density at radius 2 is 2.00 bits per heavy atom. The van der Waals surface area contributed by atoms with Crippen molar-refractivity contribution in [3.8, 4) is 0 Å². The molecule has 126 valence electrons. The molecule has 1 aromatic heterocycles. The molecule has 0 bridgehead atoms. The SMILES string of the molecule is CC1Cc2ccccc2N1C(=O)CCNc1cccc2cccnc12. The maximum absolute atomic E-state index is 12.7. The number of hydrogen-bond acceptors (Lipinski definition) is 3. The van der Waals surface area contributed by atoms with Gasteiger partial charge in [-0.05, 0) is 37.1 Å². The lowest BCUT2D eigenvalue weighted by atomic mass is 10.1. The van der Waals surface area contributed by atoms with Crippen LogP contribution in [-0.4, -0.2) is 23.5 Å². The standard InChI is InChI=1S/C21H21N3O/c1-15-14-17-6-2-3-10-19(17)24(15)20(25)11-13-22-18-9-4-7-16-8-5-12-23-21(16)18/h2-10,12,15,22H,11,13-14H2,1H3. The number of fused-ring (bicyclic) bond motifs is 2. The predicted molar refractivity (Wildman–Crippen MR) is 102 cm³/mol. The largest absolute Gasteiger partial charge is 0.383 e. The highest BCUT2D eigenvalue weighted by Crippen LogP contribution is 2.32. The highest BCUT2D eigenvalue weighted by atomic mass is 16.2. The van der Waals surface area contributed by atoms with Gasteiger partial charge >= 0.3 is 0 Å². The van der Waals surface area contributed by atoms with Crippen molar-refractivity contribution < 1.29 is 4.79 Å². The molecule has 1 aliphatic rings. The van der Waals surface area contributed by atoms with Crippen LogP contribution in [0.3, 0.4) is 0 Å². The van der Waals surface area contributed by atoms with Gasteiger partial charge in [-0.15, -0.1) is 0 Å². The molecule has 0 fully saturated rings. The zero-order valence-corrected chi connectivity index (χ0v) is 14.3. The van der Waals surface area contributed by atoms with Crippen LogP contribution in [0.1, 0.15) is 18.9 Å². The van der Waals surface area contributed by atoms with E-state index in [2.05, 4.69) is 23.3 Å². The molecule has 2 aromatic carbocycles. The van der Waals surface area contributed by atoms with E-state index in [1.54, 1.807) is 6.20 Å². The summed E-state index contributed by atoms with van der Waals surface area (Å²) in [6, 6.07) is 18.4. The molecule has 3 aromatic rings. The number of hydrogen-bond donors (Lipinski definition) is 1. The van der Waals surface area contributed by atoms with Gasteiger partial charge in [-0.2, -0.15) is 0 Å². The topological polar surface area (TPSA) is 45.2 Å². The van der Waals surface area contributed by atoms with Crippen LogP contribution in [0.5, 0.6) is 0 Å². The summed E-state index contributed by atoms with van der Waals surface area (Å²) in [6.07, 6.45) is 3.19. The summed E-state index contributed by atoms with van der Waals surface area (Å²) >= 11 is 0. The minimum absolute atomic E-state index is 0.165.